The maximum Gasteiger partial charge on any atom is 0.319 e. The lowest BCUT2D eigenvalue weighted by atomic mass is 10.1. The number of carbonyl (C=O) groups is 1. The molecule has 0 bridgehead atoms. The summed E-state index contributed by atoms with van der Waals surface area (Å²) in [6.45, 7) is -0.340. The van der Waals surface area contributed by atoms with E-state index in [1.165, 1.54) is 12.3 Å². The molecular formula is C16H18F2N4O2. The van der Waals surface area contributed by atoms with Crippen LogP contribution in [0.25, 0.3) is 0 Å². The number of benzene rings is 1. The fourth-order valence-corrected chi connectivity index (χ4v) is 2.02. The van der Waals surface area contributed by atoms with Gasteiger partial charge in [0.25, 0.3) is 0 Å². The SMILES string of the molecule is CN(C)c1ccc(NC(=O)NCC(O)c2c(F)cccc2F)cn1. The van der Waals surface area contributed by atoms with Gasteiger partial charge in [-0.3, -0.25) is 0 Å². The van der Waals surface area contributed by atoms with E-state index in [0.717, 1.165) is 18.0 Å². The Morgan fingerprint density at radius 1 is 1.25 bits per heavy atom. The summed E-state index contributed by atoms with van der Waals surface area (Å²) in [6, 6.07) is 6.05. The van der Waals surface area contributed by atoms with Crippen LogP contribution < -0.4 is 15.5 Å². The molecule has 1 unspecified atom stereocenters. The first-order valence-corrected chi connectivity index (χ1v) is 7.18. The highest BCUT2D eigenvalue weighted by molar-refractivity contribution is 5.89. The molecule has 2 amide bonds. The van der Waals surface area contributed by atoms with E-state index in [4.69, 9.17) is 0 Å². The van der Waals surface area contributed by atoms with Gasteiger partial charge in [-0.2, -0.15) is 0 Å². The van der Waals surface area contributed by atoms with E-state index in [0.29, 0.717) is 5.69 Å². The Balaban J connectivity index is 1.91. The van der Waals surface area contributed by atoms with Crippen LogP contribution in [0.2, 0.25) is 0 Å². The first-order chi connectivity index (χ1) is 11.4. The Bertz CT molecular complexity index is 687. The first kappa shape index (κ1) is 17.6. The van der Waals surface area contributed by atoms with Crippen molar-refractivity contribution in [2.75, 3.05) is 30.9 Å². The number of hydrogen-bond acceptors (Lipinski definition) is 4. The molecule has 0 spiro atoms. The van der Waals surface area contributed by atoms with Gasteiger partial charge in [0.2, 0.25) is 0 Å². The van der Waals surface area contributed by atoms with E-state index in [1.54, 1.807) is 12.1 Å². The predicted molar refractivity (Wildman–Crippen MR) is 86.9 cm³/mol. The fraction of sp³-hybridized carbons (Fsp3) is 0.250. The zero-order valence-corrected chi connectivity index (χ0v) is 13.3. The second-order valence-electron chi connectivity index (χ2n) is 5.29. The summed E-state index contributed by atoms with van der Waals surface area (Å²) in [7, 11) is 3.68. The minimum absolute atomic E-state index is 0.340. The van der Waals surface area contributed by atoms with Gasteiger partial charge in [0.05, 0.1) is 17.4 Å². The quantitative estimate of drug-likeness (QED) is 0.783. The maximum atomic E-state index is 13.5. The molecule has 128 valence electrons. The van der Waals surface area contributed by atoms with Crippen LogP contribution in [0.15, 0.2) is 36.5 Å². The van der Waals surface area contributed by atoms with Gasteiger partial charge in [-0.1, -0.05) is 6.07 Å². The fourth-order valence-electron chi connectivity index (χ4n) is 2.02. The monoisotopic (exact) mass is 336 g/mol. The third-order valence-corrected chi connectivity index (χ3v) is 3.25. The van der Waals surface area contributed by atoms with Crippen molar-refractivity contribution in [1.29, 1.82) is 0 Å². The summed E-state index contributed by atoms with van der Waals surface area (Å²) in [4.78, 5) is 17.7. The smallest absolute Gasteiger partial charge is 0.319 e. The predicted octanol–water partition coefficient (Wildman–Crippen LogP) is 2.28. The zero-order chi connectivity index (χ0) is 17.7. The van der Waals surface area contributed by atoms with Crippen LogP contribution in [0.4, 0.5) is 25.1 Å². The summed E-state index contributed by atoms with van der Waals surface area (Å²) in [5.74, 6) is -1.01. The minimum atomic E-state index is -1.49. The van der Waals surface area contributed by atoms with Crippen LogP contribution in [0.1, 0.15) is 11.7 Å². The highest BCUT2D eigenvalue weighted by Gasteiger charge is 2.18. The molecule has 0 aliphatic rings. The highest BCUT2D eigenvalue weighted by Crippen LogP contribution is 2.20. The minimum Gasteiger partial charge on any atom is -0.386 e. The Morgan fingerprint density at radius 2 is 1.92 bits per heavy atom. The standard InChI is InChI=1S/C16H18F2N4O2/c1-22(2)14-7-6-10(8-19-14)21-16(24)20-9-13(23)15-11(17)4-3-5-12(15)18/h3-8,13,23H,9H2,1-2H3,(H2,20,21,24). The molecule has 1 aromatic carbocycles. The third-order valence-electron chi connectivity index (χ3n) is 3.25. The molecule has 6 nitrogen and oxygen atoms in total. The molecule has 2 rings (SSSR count). The van der Waals surface area contributed by atoms with Crippen LogP contribution >= 0.6 is 0 Å². The van der Waals surface area contributed by atoms with E-state index < -0.39 is 29.3 Å². The molecule has 1 aromatic heterocycles. The number of anilines is 2. The lowest BCUT2D eigenvalue weighted by Crippen LogP contribution is -2.33. The van der Waals surface area contributed by atoms with Crippen LogP contribution in [0, 0.1) is 11.6 Å². The third kappa shape index (κ3) is 4.39. The van der Waals surface area contributed by atoms with Crippen molar-refractivity contribution >= 4 is 17.5 Å². The Kier molecular flexibility index (Phi) is 5.64. The highest BCUT2D eigenvalue weighted by atomic mass is 19.1. The van der Waals surface area contributed by atoms with Crippen LogP contribution in [-0.2, 0) is 0 Å². The lowest BCUT2D eigenvalue weighted by molar-refractivity contribution is 0.166. The van der Waals surface area contributed by atoms with E-state index in [9.17, 15) is 18.7 Å². The number of pyridine rings is 1. The number of urea groups is 1. The average Bonchev–Trinajstić information content (AvgIpc) is 2.53. The number of nitrogens with one attached hydrogen (secondary N) is 2. The first-order valence-electron chi connectivity index (χ1n) is 7.18. The van der Waals surface area contributed by atoms with Crippen LogP contribution in [0.3, 0.4) is 0 Å². The summed E-state index contributed by atoms with van der Waals surface area (Å²) in [5.41, 5.74) is -0.0283. The molecule has 0 saturated heterocycles. The molecule has 0 aliphatic heterocycles. The van der Waals surface area contributed by atoms with Gasteiger partial charge < -0.3 is 20.6 Å². The van der Waals surface area contributed by atoms with E-state index >= 15 is 0 Å². The molecule has 1 heterocycles. The Labute approximate surface area is 138 Å². The van der Waals surface area contributed by atoms with E-state index in [2.05, 4.69) is 15.6 Å². The normalized spacial score (nSPS) is 11.7. The van der Waals surface area contributed by atoms with Crippen molar-refractivity contribution in [1.82, 2.24) is 10.3 Å². The number of aliphatic hydroxyl groups is 1. The lowest BCUT2D eigenvalue weighted by Gasteiger charge is -2.15. The van der Waals surface area contributed by atoms with Crippen molar-refractivity contribution < 1.29 is 18.7 Å². The van der Waals surface area contributed by atoms with E-state index in [-0.39, 0.29) is 6.54 Å². The summed E-state index contributed by atoms with van der Waals surface area (Å²) in [6.07, 6.45) is -0.0202. The van der Waals surface area contributed by atoms with Crippen molar-refractivity contribution in [2.45, 2.75) is 6.10 Å². The van der Waals surface area contributed by atoms with Gasteiger partial charge in [-0.05, 0) is 24.3 Å². The summed E-state index contributed by atoms with van der Waals surface area (Å²) < 4.78 is 27.1. The molecule has 2 aromatic rings. The van der Waals surface area contributed by atoms with Gasteiger partial charge in [-0.15, -0.1) is 0 Å². The topological polar surface area (TPSA) is 77.5 Å². The summed E-state index contributed by atoms with van der Waals surface area (Å²) in [5, 5.41) is 14.7. The number of aliphatic hydroxyl groups excluding tert-OH is 1. The Morgan fingerprint density at radius 3 is 2.46 bits per heavy atom. The average molecular weight is 336 g/mol. The largest absolute Gasteiger partial charge is 0.386 e. The number of carbonyl (C=O) groups excluding carboxylic acids is 1. The molecule has 8 heteroatoms. The molecule has 1 atom stereocenters. The Hall–Kier alpha value is -2.74. The van der Waals surface area contributed by atoms with Crippen molar-refractivity contribution in [3.8, 4) is 0 Å². The maximum absolute atomic E-state index is 13.5. The van der Waals surface area contributed by atoms with Gasteiger partial charge in [0, 0.05) is 20.6 Å². The van der Waals surface area contributed by atoms with Gasteiger partial charge >= 0.3 is 6.03 Å². The molecule has 0 radical (unpaired) electrons. The van der Waals surface area contributed by atoms with Crippen LogP contribution in [0.5, 0.6) is 0 Å². The second kappa shape index (κ2) is 7.69. The van der Waals surface area contributed by atoms with Crippen molar-refractivity contribution in [3.63, 3.8) is 0 Å². The number of hydrogen-bond donors (Lipinski definition) is 3. The summed E-state index contributed by atoms with van der Waals surface area (Å²) >= 11 is 0. The second-order valence-corrected chi connectivity index (χ2v) is 5.29. The number of nitrogens with zero attached hydrogens (tertiary/aromatic N) is 2. The molecule has 0 saturated carbocycles. The number of halogens is 2. The molecule has 24 heavy (non-hydrogen) atoms. The molecule has 0 fully saturated rings. The van der Waals surface area contributed by atoms with Gasteiger partial charge in [0.15, 0.2) is 0 Å². The molecule has 0 aliphatic carbocycles. The van der Waals surface area contributed by atoms with Crippen molar-refractivity contribution in [2.24, 2.45) is 0 Å². The van der Waals surface area contributed by atoms with Gasteiger partial charge in [-0.25, -0.2) is 18.6 Å². The zero-order valence-electron chi connectivity index (χ0n) is 13.3. The van der Waals surface area contributed by atoms with Crippen molar-refractivity contribution in [3.05, 3.63) is 53.7 Å². The van der Waals surface area contributed by atoms with E-state index in [1.807, 2.05) is 19.0 Å². The molecular weight excluding hydrogens is 318 g/mol. The molecule has 3 N–H and O–H groups in total. The number of rotatable bonds is 5. The van der Waals surface area contributed by atoms with Gasteiger partial charge in [0.1, 0.15) is 23.6 Å². The number of amides is 2. The van der Waals surface area contributed by atoms with Crippen LogP contribution in [-0.4, -0.2) is 36.8 Å². The number of aromatic nitrogens is 1.